The minimum absolute atomic E-state index is 0.0438. The SMILES string of the molecule is Cc1ccc(Oc2cc3c4c(cc(Oc5ccc(C)cc5)c5c6c(Oc7ccc(C)cc7)cc7c8c(cc(Oc9ccc(C)cc9)c(c2c45)c86)C(=O)N(C(C(=O)Nc2cc(OCC4CO4)ccn2)c2ccccc2)C7=O)C(=O)N(C(C(=O)Nc2cc(OCC4CO4)ccn2)c2ccccc2)C3=O)cc1. The van der Waals surface area contributed by atoms with Gasteiger partial charge in [-0.3, -0.25) is 38.6 Å². The second kappa shape index (κ2) is 26.2. The lowest BCUT2D eigenvalue weighted by Gasteiger charge is -2.36. The summed E-state index contributed by atoms with van der Waals surface area (Å²) in [6, 6.07) is 55.6. The van der Waals surface area contributed by atoms with Crippen molar-refractivity contribution >= 4 is 90.2 Å². The van der Waals surface area contributed by atoms with Gasteiger partial charge in [-0.05, 0) is 124 Å². The molecule has 2 N–H and O–H groups in total. The molecule has 6 amide bonds. The van der Waals surface area contributed by atoms with E-state index < -0.39 is 47.5 Å². The number of fused-ring (bicyclic) bond motifs is 2. The lowest BCUT2D eigenvalue weighted by atomic mass is 9.80. The number of pyridine rings is 2. The predicted octanol–water partition coefficient (Wildman–Crippen LogP) is 16.4. The molecule has 4 aliphatic rings. The van der Waals surface area contributed by atoms with Crippen molar-refractivity contribution in [3.8, 4) is 57.5 Å². The Morgan fingerprint density at radius 3 is 0.952 bits per heavy atom. The number of benzene rings is 11. The summed E-state index contributed by atoms with van der Waals surface area (Å²) in [4.78, 5) is 108. The van der Waals surface area contributed by atoms with Crippen molar-refractivity contribution < 1.29 is 66.7 Å². The van der Waals surface area contributed by atoms with Gasteiger partial charge in [-0.1, -0.05) is 131 Å². The van der Waals surface area contributed by atoms with Gasteiger partial charge < -0.3 is 48.5 Å². The standard InChI is InChI=1S/C84H62N6O14/c1-45-15-23-51(24-16-45)101-63-37-59-69-60(82(94)89(81(59)93)77(49-11-7-5-8-12-49)79(91)87-67-35-55(31-33-85-67)97-41-57-43-99-57)39-65(103-53-27-19-47(3)20-28-53)73-74-66(104-54-29-21-48(4)22-30-54)40-62-70-61(38-64(72(76(70)74)71(63)75(69)73)102-52-25-17-46(2)18-26-52)83(95)90(84(62)96)78(50-13-9-6-10-14-50)80(92)88-68-36-56(32-34-86-68)98-42-58-44-100-58/h5-40,57-58,77-78H,41-44H2,1-4H3,(H,85,87,91)(H,86,88,92). The van der Waals surface area contributed by atoms with E-state index in [0.29, 0.717) is 58.8 Å². The van der Waals surface area contributed by atoms with Crippen LogP contribution in [-0.2, 0) is 19.1 Å². The predicted molar refractivity (Wildman–Crippen MR) is 388 cm³/mol. The van der Waals surface area contributed by atoms with E-state index in [1.54, 1.807) is 158 Å². The van der Waals surface area contributed by atoms with Crippen molar-refractivity contribution in [2.45, 2.75) is 52.0 Å². The van der Waals surface area contributed by atoms with Gasteiger partial charge in [0, 0.05) is 67.6 Å². The zero-order valence-electron chi connectivity index (χ0n) is 56.4. The zero-order valence-corrected chi connectivity index (χ0v) is 56.4. The molecule has 512 valence electrons. The average Bonchev–Trinajstić information content (AvgIpc) is 1.12. The highest BCUT2D eigenvalue weighted by Crippen LogP contribution is 2.59. The Labute approximate surface area is 594 Å². The molecule has 0 aliphatic carbocycles. The van der Waals surface area contributed by atoms with Crippen molar-refractivity contribution in [2.75, 3.05) is 37.1 Å². The molecule has 4 atom stereocenters. The van der Waals surface area contributed by atoms with Crippen molar-refractivity contribution in [1.29, 1.82) is 0 Å². The largest absolute Gasteiger partial charge is 0.491 e. The van der Waals surface area contributed by atoms with Crippen LogP contribution in [0.5, 0.6) is 57.5 Å². The Bertz CT molecular complexity index is 5080. The smallest absolute Gasteiger partial charge is 0.262 e. The Hall–Kier alpha value is -13.0. The molecule has 0 radical (unpaired) electrons. The van der Waals surface area contributed by atoms with Gasteiger partial charge in [0.15, 0.2) is 0 Å². The molecule has 6 heterocycles. The first-order chi connectivity index (χ1) is 50.6. The van der Waals surface area contributed by atoms with Crippen LogP contribution in [0.25, 0.3) is 43.1 Å². The fourth-order valence-corrected chi connectivity index (χ4v) is 13.6. The van der Waals surface area contributed by atoms with E-state index in [1.807, 2.05) is 76.2 Å². The van der Waals surface area contributed by atoms with Crippen LogP contribution < -0.4 is 39.1 Å². The normalized spacial score (nSPS) is 15.7. The van der Waals surface area contributed by atoms with Crippen molar-refractivity contribution in [3.63, 3.8) is 0 Å². The van der Waals surface area contributed by atoms with Crippen LogP contribution in [0, 0.1) is 27.7 Å². The summed E-state index contributed by atoms with van der Waals surface area (Å²) in [5.74, 6) is -2.46. The van der Waals surface area contributed by atoms with E-state index in [1.165, 1.54) is 12.4 Å². The number of anilines is 2. The molecule has 0 bridgehead atoms. The molecule has 17 rings (SSSR count). The number of carbonyl (C=O) groups is 6. The third-order valence-corrected chi connectivity index (χ3v) is 18.8. The molecule has 20 nitrogen and oxygen atoms in total. The van der Waals surface area contributed by atoms with Crippen molar-refractivity contribution in [2.24, 2.45) is 0 Å². The number of rotatable bonds is 22. The summed E-state index contributed by atoms with van der Waals surface area (Å²) in [5, 5.41) is 7.60. The van der Waals surface area contributed by atoms with Crippen LogP contribution in [0.1, 0.15) is 86.9 Å². The number of nitrogens with one attached hydrogen (secondary N) is 2. The topological polar surface area (TPSA) is 239 Å². The van der Waals surface area contributed by atoms with Gasteiger partial charge in [-0.2, -0.15) is 0 Å². The van der Waals surface area contributed by atoms with Gasteiger partial charge >= 0.3 is 0 Å². The van der Waals surface area contributed by atoms with E-state index in [-0.39, 0.29) is 125 Å². The number of ether oxygens (including phenoxy) is 8. The molecular weight excluding hydrogens is 1320 g/mol. The molecule has 4 unspecified atom stereocenters. The van der Waals surface area contributed by atoms with Gasteiger partial charge in [-0.15, -0.1) is 0 Å². The van der Waals surface area contributed by atoms with Crippen molar-refractivity contribution in [3.05, 3.63) is 274 Å². The second-order valence-electron chi connectivity index (χ2n) is 26.2. The molecule has 0 spiro atoms. The Morgan fingerprint density at radius 2 is 0.673 bits per heavy atom. The summed E-state index contributed by atoms with van der Waals surface area (Å²) in [7, 11) is 0. The average molecular weight is 1380 g/mol. The van der Waals surface area contributed by atoms with E-state index in [4.69, 9.17) is 37.9 Å². The maximum absolute atomic E-state index is 16.5. The number of carbonyl (C=O) groups excluding carboxylic acids is 6. The number of amides is 6. The maximum Gasteiger partial charge on any atom is 0.262 e. The highest BCUT2D eigenvalue weighted by molar-refractivity contribution is 6.45. The van der Waals surface area contributed by atoms with Crippen LogP contribution in [0.2, 0.25) is 0 Å². The minimum Gasteiger partial charge on any atom is -0.491 e. The van der Waals surface area contributed by atoms with Crippen LogP contribution in [-0.4, -0.2) is 93.8 Å². The third-order valence-electron chi connectivity index (χ3n) is 18.8. The number of aromatic nitrogens is 2. The quantitative estimate of drug-likeness (QED) is 0.0277. The van der Waals surface area contributed by atoms with Gasteiger partial charge in [0.25, 0.3) is 35.4 Å². The van der Waals surface area contributed by atoms with Crippen LogP contribution in [0.3, 0.4) is 0 Å². The van der Waals surface area contributed by atoms with Gasteiger partial charge in [0.05, 0.1) is 35.5 Å². The highest BCUT2D eigenvalue weighted by Gasteiger charge is 2.47. The summed E-state index contributed by atoms with van der Waals surface area (Å²) in [6.07, 6.45) is 2.84. The maximum atomic E-state index is 16.5. The zero-order chi connectivity index (χ0) is 71.0. The number of aryl methyl sites for hydroxylation is 4. The van der Waals surface area contributed by atoms with Gasteiger partial charge in [-0.25, -0.2) is 9.97 Å². The van der Waals surface area contributed by atoms with Crippen LogP contribution in [0.4, 0.5) is 11.6 Å². The highest BCUT2D eigenvalue weighted by atomic mass is 16.6. The lowest BCUT2D eigenvalue weighted by molar-refractivity contribution is -0.120. The summed E-state index contributed by atoms with van der Waals surface area (Å²) in [5.41, 5.74) is 4.09. The van der Waals surface area contributed by atoms with Gasteiger partial charge in [0.1, 0.15) is 107 Å². The van der Waals surface area contributed by atoms with E-state index in [2.05, 4.69) is 20.6 Å². The monoisotopic (exact) mass is 1380 g/mol. The molecule has 13 aromatic rings. The molecular formula is C84H62N6O14. The summed E-state index contributed by atoms with van der Waals surface area (Å²) in [6.45, 7) is 9.43. The molecule has 11 aromatic carbocycles. The first-order valence-corrected chi connectivity index (χ1v) is 33.9. The molecule has 104 heavy (non-hydrogen) atoms. The molecule has 20 heteroatoms. The first kappa shape index (κ1) is 64.3. The molecule has 2 aromatic heterocycles. The minimum atomic E-state index is -1.63. The van der Waals surface area contributed by atoms with Gasteiger partial charge in [0.2, 0.25) is 0 Å². The Balaban J connectivity index is 0.952. The Kier molecular flexibility index (Phi) is 16.2. The molecule has 0 saturated carbocycles. The fourth-order valence-electron chi connectivity index (χ4n) is 13.6. The number of nitrogens with zero attached hydrogens (tertiary/aromatic N) is 4. The molecule has 2 fully saturated rings. The first-order valence-electron chi connectivity index (χ1n) is 33.9. The Morgan fingerprint density at radius 1 is 0.385 bits per heavy atom. The molecule has 2 saturated heterocycles. The number of hydrogen-bond donors (Lipinski definition) is 2. The lowest BCUT2D eigenvalue weighted by Crippen LogP contribution is -2.47. The number of epoxide rings is 2. The number of imide groups is 2. The second-order valence-corrected chi connectivity index (χ2v) is 26.2. The van der Waals surface area contributed by atoms with E-state index in [9.17, 15) is 0 Å². The van der Waals surface area contributed by atoms with E-state index in [0.717, 1.165) is 32.1 Å². The third kappa shape index (κ3) is 12.1. The fraction of sp³-hybridized carbons (Fsp3) is 0.143. The summed E-state index contributed by atoms with van der Waals surface area (Å²) >= 11 is 0. The van der Waals surface area contributed by atoms with Crippen LogP contribution >= 0.6 is 0 Å². The van der Waals surface area contributed by atoms with Crippen LogP contribution in [0.15, 0.2) is 219 Å². The van der Waals surface area contributed by atoms with E-state index >= 15 is 28.8 Å². The molecule has 4 aliphatic heterocycles. The van der Waals surface area contributed by atoms with Crippen molar-refractivity contribution in [1.82, 2.24) is 19.8 Å². The summed E-state index contributed by atoms with van der Waals surface area (Å²) < 4.78 is 51.5. The number of hydrogen-bond acceptors (Lipinski definition) is 16.